The molecule has 76 valence electrons. The van der Waals surface area contributed by atoms with Gasteiger partial charge in [-0.05, 0) is 31.0 Å². The first-order valence-electron chi connectivity index (χ1n) is 4.82. The van der Waals surface area contributed by atoms with Crippen molar-refractivity contribution in [1.29, 1.82) is 0 Å². The molecule has 0 heterocycles. The second kappa shape index (κ2) is 4.70. The number of allylic oxidation sites excluding steroid dienone is 1. The molecule has 0 saturated carbocycles. The number of ether oxygens (including phenoxy) is 1. The maximum Gasteiger partial charge on any atom is 0.122 e. The fourth-order valence-corrected chi connectivity index (χ4v) is 1.45. The van der Waals surface area contributed by atoms with Crippen LogP contribution in [0.3, 0.4) is 0 Å². The second-order valence-electron chi connectivity index (χ2n) is 3.15. The lowest BCUT2D eigenvalue weighted by atomic mass is 10.1. The van der Waals surface area contributed by atoms with Crippen molar-refractivity contribution in [1.82, 2.24) is 0 Å². The van der Waals surface area contributed by atoms with Crippen LogP contribution in [-0.4, -0.2) is 7.11 Å². The zero-order valence-corrected chi connectivity index (χ0v) is 9.00. The standard InChI is InChI=1S/C12H17NO/c1-4-6-10-8-12(14-3)9(5-2)7-11(10)13/h4,6-8H,5,13H2,1-3H3/b6-4+. The van der Waals surface area contributed by atoms with Crippen LogP contribution in [-0.2, 0) is 6.42 Å². The van der Waals surface area contributed by atoms with Gasteiger partial charge < -0.3 is 10.5 Å². The Morgan fingerprint density at radius 1 is 1.43 bits per heavy atom. The molecule has 0 aliphatic heterocycles. The molecule has 1 aromatic rings. The Hall–Kier alpha value is -1.44. The van der Waals surface area contributed by atoms with Gasteiger partial charge in [0, 0.05) is 11.3 Å². The van der Waals surface area contributed by atoms with Crippen molar-refractivity contribution < 1.29 is 4.74 Å². The van der Waals surface area contributed by atoms with Crippen molar-refractivity contribution in [3.63, 3.8) is 0 Å². The van der Waals surface area contributed by atoms with Gasteiger partial charge in [-0.2, -0.15) is 0 Å². The van der Waals surface area contributed by atoms with Gasteiger partial charge in [0.25, 0.3) is 0 Å². The maximum atomic E-state index is 5.90. The SMILES string of the molecule is C/C=C/c1cc(OC)c(CC)cc1N. The van der Waals surface area contributed by atoms with Gasteiger partial charge in [0.1, 0.15) is 5.75 Å². The number of anilines is 1. The lowest BCUT2D eigenvalue weighted by molar-refractivity contribution is 0.410. The van der Waals surface area contributed by atoms with Crippen LogP contribution in [0.15, 0.2) is 18.2 Å². The van der Waals surface area contributed by atoms with Crippen LogP contribution < -0.4 is 10.5 Å². The molecule has 0 bridgehead atoms. The van der Waals surface area contributed by atoms with Gasteiger partial charge >= 0.3 is 0 Å². The van der Waals surface area contributed by atoms with E-state index in [2.05, 4.69) is 6.92 Å². The van der Waals surface area contributed by atoms with Gasteiger partial charge in [-0.1, -0.05) is 19.1 Å². The normalized spacial score (nSPS) is 10.8. The first-order chi connectivity index (χ1) is 6.72. The zero-order chi connectivity index (χ0) is 10.6. The average molecular weight is 191 g/mol. The molecule has 2 heteroatoms. The Labute approximate surface area is 85.4 Å². The highest BCUT2D eigenvalue weighted by molar-refractivity contribution is 5.67. The summed E-state index contributed by atoms with van der Waals surface area (Å²) in [6.07, 6.45) is 4.89. The number of aryl methyl sites for hydroxylation is 1. The number of nitrogens with two attached hydrogens (primary N) is 1. The number of benzene rings is 1. The summed E-state index contributed by atoms with van der Waals surface area (Å²) in [4.78, 5) is 0. The van der Waals surface area contributed by atoms with Crippen molar-refractivity contribution in [3.05, 3.63) is 29.3 Å². The Balaban J connectivity index is 3.23. The van der Waals surface area contributed by atoms with Crippen LogP contribution in [0, 0.1) is 0 Å². The van der Waals surface area contributed by atoms with E-state index in [0.717, 1.165) is 29.0 Å². The van der Waals surface area contributed by atoms with Gasteiger partial charge in [-0.15, -0.1) is 0 Å². The third-order valence-electron chi connectivity index (χ3n) is 2.21. The fourth-order valence-electron chi connectivity index (χ4n) is 1.45. The Bertz CT molecular complexity index is 342. The van der Waals surface area contributed by atoms with E-state index in [0.29, 0.717) is 0 Å². The first-order valence-corrected chi connectivity index (χ1v) is 4.82. The molecule has 0 aliphatic rings. The van der Waals surface area contributed by atoms with Crippen molar-refractivity contribution in [2.24, 2.45) is 0 Å². The number of nitrogen functional groups attached to an aromatic ring is 1. The predicted molar refractivity (Wildman–Crippen MR) is 61.5 cm³/mol. The lowest BCUT2D eigenvalue weighted by Gasteiger charge is -2.10. The molecule has 0 unspecified atom stereocenters. The van der Waals surface area contributed by atoms with Crippen molar-refractivity contribution in [2.75, 3.05) is 12.8 Å². The van der Waals surface area contributed by atoms with Crippen molar-refractivity contribution in [3.8, 4) is 5.75 Å². The number of methoxy groups -OCH3 is 1. The third-order valence-corrected chi connectivity index (χ3v) is 2.21. The van der Waals surface area contributed by atoms with Gasteiger partial charge in [0.15, 0.2) is 0 Å². The molecule has 0 radical (unpaired) electrons. The second-order valence-corrected chi connectivity index (χ2v) is 3.15. The molecule has 0 aliphatic carbocycles. The summed E-state index contributed by atoms with van der Waals surface area (Å²) < 4.78 is 5.29. The number of hydrogen-bond donors (Lipinski definition) is 1. The largest absolute Gasteiger partial charge is 0.496 e. The zero-order valence-electron chi connectivity index (χ0n) is 9.00. The highest BCUT2D eigenvalue weighted by atomic mass is 16.5. The van der Waals surface area contributed by atoms with Crippen LogP contribution >= 0.6 is 0 Å². The van der Waals surface area contributed by atoms with Gasteiger partial charge in [-0.25, -0.2) is 0 Å². The average Bonchev–Trinajstić information content (AvgIpc) is 2.20. The van der Waals surface area contributed by atoms with E-state index in [-0.39, 0.29) is 0 Å². The lowest BCUT2D eigenvalue weighted by Crippen LogP contribution is -1.96. The Morgan fingerprint density at radius 3 is 2.64 bits per heavy atom. The number of rotatable bonds is 3. The molecule has 1 rings (SSSR count). The quantitative estimate of drug-likeness (QED) is 0.745. The molecular formula is C12H17NO. The number of hydrogen-bond acceptors (Lipinski definition) is 2. The maximum absolute atomic E-state index is 5.90. The van der Waals surface area contributed by atoms with E-state index in [9.17, 15) is 0 Å². The monoisotopic (exact) mass is 191 g/mol. The molecule has 0 amide bonds. The van der Waals surface area contributed by atoms with Crippen LogP contribution in [0.25, 0.3) is 6.08 Å². The van der Waals surface area contributed by atoms with Crippen LogP contribution in [0.5, 0.6) is 5.75 Å². The molecule has 0 fully saturated rings. The van der Waals surface area contributed by atoms with E-state index in [4.69, 9.17) is 10.5 Å². The van der Waals surface area contributed by atoms with Gasteiger partial charge in [0.2, 0.25) is 0 Å². The topological polar surface area (TPSA) is 35.2 Å². The molecule has 0 saturated heterocycles. The molecule has 2 N–H and O–H groups in total. The molecular weight excluding hydrogens is 174 g/mol. The predicted octanol–water partition coefficient (Wildman–Crippen LogP) is 2.87. The minimum Gasteiger partial charge on any atom is -0.496 e. The highest BCUT2D eigenvalue weighted by Gasteiger charge is 2.04. The summed E-state index contributed by atoms with van der Waals surface area (Å²) in [6, 6.07) is 3.96. The summed E-state index contributed by atoms with van der Waals surface area (Å²) in [7, 11) is 1.68. The molecule has 0 atom stereocenters. The van der Waals surface area contributed by atoms with E-state index in [1.165, 1.54) is 0 Å². The molecule has 2 nitrogen and oxygen atoms in total. The van der Waals surface area contributed by atoms with Crippen LogP contribution in [0.1, 0.15) is 25.0 Å². The summed E-state index contributed by atoms with van der Waals surface area (Å²) in [5.74, 6) is 0.912. The van der Waals surface area contributed by atoms with E-state index in [1.807, 2.05) is 31.2 Å². The van der Waals surface area contributed by atoms with Gasteiger partial charge in [-0.3, -0.25) is 0 Å². The van der Waals surface area contributed by atoms with Gasteiger partial charge in [0.05, 0.1) is 7.11 Å². The van der Waals surface area contributed by atoms with Crippen LogP contribution in [0.4, 0.5) is 5.69 Å². The minimum atomic E-state index is 0.806. The van der Waals surface area contributed by atoms with E-state index < -0.39 is 0 Å². The van der Waals surface area contributed by atoms with E-state index in [1.54, 1.807) is 7.11 Å². The Morgan fingerprint density at radius 2 is 2.14 bits per heavy atom. The van der Waals surface area contributed by atoms with Crippen LogP contribution in [0.2, 0.25) is 0 Å². The molecule has 1 aromatic carbocycles. The fraction of sp³-hybridized carbons (Fsp3) is 0.333. The first kappa shape index (κ1) is 10.6. The third kappa shape index (κ3) is 2.08. The molecule has 0 spiro atoms. The minimum absolute atomic E-state index is 0.806. The highest BCUT2D eigenvalue weighted by Crippen LogP contribution is 2.26. The van der Waals surface area contributed by atoms with Crippen molar-refractivity contribution >= 4 is 11.8 Å². The van der Waals surface area contributed by atoms with E-state index >= 15 is 0 Å². The summed E-state index contributed by atoms with van der Waals surface area (Å²) in [5.41, 5.74) is 8.87. The Kier molecular flexibility index (Phi) is 3.57. The molecule has 14 heavy (non-hydrogen) atoms. The smallest absolute Gasteiger partial charge is 0.122 e. The van der Waals surface area contributed by atoms with Crippen molar-refractivity contribution in [2.45, 2.75) is 20.3 Å². The summed E-state index contributed by atoms with van der Waals surface area (Å²) >= 11 is 0. The molecule has 0 aromatic heterocycles. The summed E-state index contributed by atoms with van der Waals surface area (Å²) in [6.45, 7) is 4.06. The summed E-state index contributed by atoms with van der Waals surface area (Å²) in [5, 5.41) is 0.